The average molecular weight is 278 g/mol. The Hall–Kier alpha value is -2.82. The molecule has 5 nitrogen and oxygen atoms in total. The van der Waals surface area contributed by atoms with E-state index in [4.69, 9.17) is 0 Å². The van der Waals surface area contributed by atoms with E-state index in [1.807, 2.05) is 30.3 Å². The van der Waals surface area contributed by atoms with Crippen molar-refractivity contribution in [2.45, 2.75) is 0 Å². The molecule has 0 aliphatic heterocycles. The predicted octanol–water partition coefficient (Wildman–Crippen LogP) is 2.39. The molecule has 0 atom stereocenters. The second kappa shape index (κ2) is 5.28. The molecule has 5 heteroatoms. The van der Waals surface area contributed by atoms with Gasteiger partial charge in [0.25, 0.3) is 5.91 Å². The number of fused-ring (bicyclic) bond motifs is 1. The lowest BCUT2D eigenvalue weighted by molar-refractivity contribution is 0.0821. The Bertz CT molecular complexity index is 809. The molecule has 0 saturated carbocycles. The van der Waals surface area contributed by atoms with Crippen LogP contribution in [-0.2, 0) is 0 Å². The summed E-state index contributed by atoms with van der Waals surface area (Å²) in [6, 6.07) is 9.69. The van der Waals surface area contributed by atoms with Crippen LogP contribution in [0.3, 0.4) is 0 Å². The van der Waals surface area contributed by atoms with Crippen molar-refractivity contribution in [3.63, 3.8) is 0 Å². The molecule has 0 spiro atoms. The van der Waals surface area contributed by atoms with E-state index in [1.165, 1.54) is 11.1 Å². The van der Waals surface area contributed by atoms with Crippen molar-refractivity contribution in [1.82, 2.24) is 19.9 Å². The highest BCUT2D eigenvalue weighted by Gasteiger charge is 2.12. The number of aromatic nitrogens is 3. The van der Waals surface area contributed by atoms with Crippen molar-refractivity contribution in [1.29, 1.82) is 0 Å². The lowest BCUT2D eigenvalue weighted by Gasteiger charge is -2.10. The van der Waals surface area contributed by atoms with Crippen molar-refractivity contribution in [2.24, 2.45) is 0 Å². The van der Waals surface area contributed by atoms with E-state index in [1.54, 1.807) is 26.5 Å². The summed E-state index contributed by atoms with van der Waals surface area (Å²) in [5.74, 6) is -0.164. The Kier molecular flexibility index (Phi) is 3.31. The van der Waals surface area contributed by atoms with Gasteiger partial charge in [0.2, 0.25) is 0 Å². The second-order valence-electron chi connectivity index (χ2n) is 4.86. The van der Waals surface area contributed by atoms with Crippen molar-refractivity contribution in [3.05, 3.63) is 54.6 Å². The first-order chi connectivity index (χ1) is 10.2. The van der Waals surface area contributed by atoms with Gasteiger partial charge in [-0.1, -0.05) is 18.2 Å². The first kappa shape index (κ1) is 13.2. The maximum atomic E-state index is 12.0. The molecule has 0 bridgehead atoms. The molecular weight excluding hydrogens is 264 g/mol. The molecule has 0 N–H and O–H groups in total. The third-order valence-electron chi connectivity index (χ3n) is 3.18. The van der Waals surface area contributed by atoms with Gasteiger partial charge < -0.3 is 4.90 Å². The summed E-state index contributed by atoms with van der Waals surface area (Å²) < 4.78 is 0. The van der Waals surface area contributed by atoms with Gasteiger partial charge in [-0.2, -0.15) is 0 Å². The molecule has 3 aromatic rings. The van der Waals surface area contributed by atoms with Crippen LogP contribution in [0.2, 0.25) is 0 Å². The summed E-state index contributed by atoms with van der Waals surface area (Å²) in [5, 5.41) is 0.990. The third kappa shape index (κ3) is 2.45. The fourth-order valence-electron chi connectivity index (χ4n) is 2.15. The number of hydrogen-bond acceptors (Lipinski definition) is 4. The standard InChI is InChI=1S/C16H14N4O/c1-20(2)16(21)15-10-17-9-14(19-15)12-5-3-7-13-11(12)6-4-8-18-13/h3-10H,1-2H3. The van der Waals surface area contributed by atoms with Gasteiger partial charge >= 0.3 is 0 Å². The zero-order chi connectivity index (χ0) is 14.8. The van der Waals surface area contributed by atoms with Crippen LogP contribution in [0.1, 0.15) is 10.5 Å². The van der Waals surface area contributed by atoms with Crippen LogP contribution in [0.15, 0.2) is 48.9 Å². The minimum absolute atomic E-state index is 0.164. The minimum atomic E-state index is -0.164. The van der Waals surface area contributed by atoms with Crippen LogP contribution in [0.5, 0.6) is 0 Å². The number of amides is 1. The zero-order valence-electron chi connectivity index (χ0n) is 11.8. The van der Waals surface area contributed by atoms with Crippen molar-refractivity contribution >= 4 is 16.8 Å². The van der Waals surface area contributed by atoms with Gasteiger partial charge in [0, 0.05) is 31.2 Å². The fraction of sp³-hybridized carbons (Fsp3) is 0.125. The Morgan fingerprint density at radius 1 is 1.10 bits per heavy atom. The van der Waals surface area contributed by atoms with Crippen molar-refractivity contribution in [2.75, 3.05) is 14.1 Å². The third-order valence-corrected chi connectivity index (χ3v) is 3.18. The van der Waals surface area contributed by atoms with E-state index in [0.29, 0.717) is 11.4 Å². The number of hydrogen-bond donors (Lipinski definition) is 0. The molecule has 0 aliphatic carbocycles. The Labute approximate surface area is 122 Å². The van der Waals surface area contributed by atoms with Gasteiger partial charge in [-0.05, 0) is 12.1 Å². The van der Waals surface area contributed by atoms with E-state index >= 15 is 0 Å². The van der Waals surface area contributed by atoms with Gasteiger partial charge in [-0.3, -0.25) is 14.8 Å². The van der Waals surface area contributed by atoms with Crippen LogP contribution in [0.25, 0.3) is 22.2 Å². The minimum Gasteiger partial charge on any atom is -0.343 e. The Morgan fingerprint density at radius 3 is 2.76 bits per heavy atom. The van der Waals surface area contributed by atoms with Crippen molar-refractivity contribution < 1.29 is 4.79 Å². The molecule has 2 heterocycles. The Morgan fingerprint density at radius 2 is 1.95 bits per heavy atom. The highest BCUT2D eigenvalue weighted by Crippen LogP contribution is 2.25. The summed E-state index contributed by atoms with van der Waals surface area (Å²) in [6.07, 6.45) is 4.90. The highest BCUT2D eigenvalue weighted by molar-refractivity contribution is 5.95. The molecular formula is C16H14N4O. The lowest BCUT2D eigenvalue weighted by Crippen LogP contribution is -2.23. The fourth-order valence-corrected chi connectivity index (χ4v) is 2.15. The van der Waals surface area contributed by atoms with Gasteiger partial charge in [0.05, 0.1) is 23.6 Å². The van der Waals surface area contributed by atoms with Crippen LogP contribution in [0.4, 0.5) is 0 Å². The normalized spacial score (nSPS) is 10.6. The molecule has 0 radical (unpaired) electrons. The maximum absolute atomic E-state index is 12.0. The van der Waals surface area contributed by atoms with Crippen LogP contribution in [-0.4, -0.2) is 39.9 Å². The second-order valence-corrected chi connectivity index (χ2v) is 4.86. The molecule has 1 amide bonds. The lowest BCUT2D eigenvalue weighted by atomic mass is 10.1. The molecule has 0 aliphatic rings. The molecule has 0 saturated heterocycles. The molecule has 0 unspecified atom stereocenters. The summed E-state index contributed by atoms with van der Waals surface area (Å²) in [4.78, 5) is 26.4. The van der Waals surface area contributed by atoms with Gasteiger partial charge in [0.15, 0.2) is 0 Å². The van der Waals surface area contributed by atoms with E-state index in [9.17, 15) is 4.79 Å². The van der Waals surface area contributed by atoms with E-state index in [2.05, 4.69) is 15.0 Å². The summed E-state index contributed by atoms with van der Waals surface area (Å²) in [5.41, 5.74) is 2.81. The maximum Gasteiger partial charge on any atom is 0.273 e. The topological polar surface area (TPSA) is 59.0 Å². The van der Waals surface area contributed by atoms with Gasteiger partial charge in [0.1, 0.15) is 5.69 Å². The predicted molar refractivity (Wildman–Crippen MR) is 80.8 cm³/mol. The number of rotatable bonds is 2. The van der Waals surface area contributed by atoms with Crippen LogP contribution < -0.4 is 0 Å². The molecule has 3 rings (SSSR count). The molecule has 1 aromatic carbocycles. The largest absolute Gasteiger partial charge is 0.343 e. The van der Waals surface area contributed by atoms with Crippen LogP contribution in [0, 0.1) is 0 Å². The number of nitrogens with zero attached hydrogens (tertiary/aromatic N) is 4. The van der Waals surface area contributed by atoms with Gasteiger partial charge in [-0.25, -0.2) is 4.98 Å². The summed E-state index contributed by atoms with van der Waals surface area (Å²) in [7, 11) is 3.39. The highest BCUT2D eigenvalue weighted by atomic mass is 16.2. The molecule has 104 valence electrons. The molecule has 21 heavy (non-hydrogen) atoms. The number of carbonyl (C=O) groups is 1. The van der Waals surface area contributed by atoms with Gasteiger partial charge in [-0.15, -0.1) is 0 Å². The molecule has 0 fully saturated rings. The quantitative estimate of drug-likeness (QED) is 0.722. The zero-order valence-corrected chi connectivity index (χ0v) is 11.8. The smallest absolute Gasteiger partial charge is 0.273 e. The first-order valence-corrected chi connectivity index (χ1v) is 6.54. The Balaban J connectivity index is 2.15. The molecule has 2 aromatic heterocycles. The van der Waals surface area contributed by atoms with E-state index in [-0.39, 0.29) is 5.91 Å². The van der Waals surface area contributed by atoms with Crippen molar-refractivity contribution in [3.8, 4) is 11.3 Å². The number of benzene rings is 1. The summed E-state index contributed by atoms with van der Waals surface area (Å²) >= 11 is 0. The SMILES string of the molecule is CN(C)C(=O)c1cncc(-c2cccc3ncccc23)n1. The van der Waals surface area contributed by atoms with Crippen LogP contribution >= 0.6 is 0 Å². The number of carbonyl (C=O) groups excluding carboxylic acids is 1. The average Bonchev–Trinajstić information content (AvgIpc) is 2.53. The number of pyridine rings is 1. The summed E-state index contributed by atoms with van der Waals surface area (Å²) in [6.45, 7) is 0. The monoisotopic (exact) mass is 278 g/mol. The van der Waals surface area contributed by atoms with E-state index < -0.39 is 0 Å². The first-order valence-electron chi connectivity index (χ1n) is 6.54. The van der Waals surface area contributed by atoms with E-state index in [0.717, 1.165) is 16.5 Å².